The SMILES string of the molecule is CCCCCOc1c(C)c(O)c2ccccc2c1O. The summed E-state index contributed by atoms with van der Waals surface area (Å²) in [5.41, 5.74) is 0.590. The Morgan fingerprint density at radius 2 is 1.63 bits per heavy atom. The molecular formula is C16H20O3. The van der Waals surface area contributed by atoms with Gasteiger partial charge in [0.05, 0.1) is 6.61 Å². The zero-order valence-corrected chi connectivity index (χ0v) is 11.4. The number of fused-ring (bicyclic) bond motifs is 1. The second kappa shape index (κ2) is 5.83. The molecule has 0 fully saturated rings. The zero-order chi connectivity index (χ0) is 13.8. The van der Waals surface area contributed by atoms with Crippen molar-refractivity contribution in [2.24, 2.45) is 0 Å². The third kappa shape index (κ3) is 2.60. The molecule has 0 amide bonds. The molecule has 0 aliphatic heterocycles. The Balaban J connectivity index is 2.38. The summed E-state index contributed by atoms with van der Waals surface area (Å²) in [6.07, 6.45) is 3.17. The lowest BCUT2D eigenvalue weighted by Gasteiger charge is -2.15. The topological polar surface area (TPSA) is 49.7 Å². The zero-order valence-electron chi connectivity index (χ0n) is 11.4. The quantitative estimate of drug-likeness (QED) is 0.627. The minimum absolute atomic E-state index is 0.113. The van der Waals surface area contributed by atoms with Gasteiger partial charge in [0, 0.05) is 16.3 Å². The van der Waals surface area contributed by atoms with Crippen molar-refractivity contribution in [3.05, 3.63) is 29.8 Å². The smallest absolute Gasteiger partial charge is 0.168 e. The van der Waals surface area contributed by atoms with Crippen molar-refractivity contribution in [2.45, 2.75) is 33.1 Å². The summed E-state index contributed by atoms with van der Waals surface area (Å²) in [6.45, 7) is 4.45. The number of hydrogen-bond donors (Lipinski definition) is 2. The van der Waals surface area contributed by atoms with E-state index in [4.69, 9.17) is 4.74 Å². The van der Waals surface area contributed by atoms with Gasteiger partial charge in [-0.3, -0.25) is 0 Å². The maximum absolute atomic E-state index is 10.3. The predicted octanol–water partition coefficient (Wildman–Crippen LogP) is 4.13. The van der Waals surface area contributed by atoms with Crippen LogP contribution in [0.5, 0.6) is 17.2 Å². The molecule has 0 atom stereocenters. The highest BCUT2D eigenvalue weighted by Gasteiger charge is 2.16. The number of unbranched alkanes of at least 4 members (excludes halogenated alkanes) is 2. The monoisotopic (exact) mass is 260 g/mol. The van der Waals surface area contributed by atoms with E-state index in [2.05, 4.69) is 6.92 Å². The molecule has 102 valence electrons. The van der Waals surface area contributed by atoms with Crippen LogP contribution < -0.4 is 4.74 Å². The molecule has 0 aliphatic carbocycles. The van der Waals surface area contributed by atoms with Crippen LogP contribution in [-0.4, -0.2) is 16.8 Å². The number of benzene rings is 2. The molecule has 2 aromatic carbocycles. The average Bonchev–Trinajstić information content (AvgIpc) is 2.44. The number of phenolic OH excluding ortho intramolecular Hbond substituents is 2. The largest absolute Gasteiger partial charge is 0.507 e. The van der Waals surface area contributed by atoms with Gasteiger partial charge < -0.3 is 14.9 Å². The van der Waals surface area contributed by atoms with E-state index in [1.54, 1.807) is 19.1 Å². The summed E-state index contributed by atoms with van der Waals surface area (Å²) >= 11 is 0. The van der Waals surface area contributed by atoms with Crippen LogP contribution >= 0.6 is 0 Å². The van der Waals surface area contributed by atoms with Crippen LogP contribution in [0.3, 0.4) is 0 Å². The Morgan fingerprint density at radius 3 is 2.26 bits per heavy atom. The van der Waals surface area contributed by atoms with Crippen LogP contribution in [0.2, 0.25) is 0 Å². The van der Waals surface area contributed by atoms with E-state index in [-0.39, 0.29) is 11.5 Å². The third-order valence-electron chi connectivity index (χ3n) is 3.34. The molecule has 2 rings (SSSR count). The molecule has 0 bridgehead atoms. The second-order valence-electron chi connectivity index (χ2n) is 4.75. The average molecular weight is 260 g/mol. The fraction of sp³-hybridized carbons (Fsp3) is 0.375. The first-order valence-corrected chi connectivity index (χ1v) is 6.72. The van der Waals surface area contributed by atoms with Crippen molar-refractivity contribution in [3.8, 4) is 17.2 Å². The predicted molar refractivity (Wildman–Crippen MR) is 77.0 cm³/mol. The first-order valence-electron chi connectivity index (χ1n) is 6.72. The van der Waals surface area contributed by atoms with Gasteiger partial charge in [0.2, 0.25) is 0 Å². The van der Waals surface area contributed by atoms with Gasteiger partial charge in [-0.25, -0.2) is 0 Å². The van der Waals surface area contributed by atoms with Gasteiger partial charge in [0.1, 0.15) is 5.75 Å². The summed E-state index contributed by atoms with van der Waals surface area (Å²) in [4.78, 5) is 0. The molecular weight excluding hydrogens is 240 g/mol. The molecule has 2 N–H and O–H groups in total. The molecule has 2 aromatic rings. The Labute approximate surface area is 113 Å². The Hall–Kier alpha value is -1.90. The van der Waals surface area contributed by atoms with Gasteiger partial charge in [-0.15, -0.1) is 0 Å². The molecule has 0 saturated heterocycles. The number of rotatable bonds is 5. The van der Waals surface area contributed by atoms with E-state index in [1.165, 1.54) is 0 Å². The number of ether oxygens (including phenoxy) is 1. The van der Waals surface area contributed by atoms with Gasteiger partial charge in [-0.1, -0.05) is 44.0 Å². The first-order chi connectivity index (χ1) is 9.16. The van der Waals surface area contributed by atoms with Gasteiger partial charge in [-0.2, -0.15) is 0 Å². The van der Waals surface area contributed by atoms with Crippen LogP contribution in [0, 0.1) is 6.92 Å². The Morgan fingerprint density at radius 1 is 1.00 bits per heavy atom. The van der Waals surface area contributed by atoms with E-state index in [0.29, 0.717) is 28.7 Å². The summed E-state index contributed by atoms with van der Waals surface area (Å²) in [5, 5.41) is 21.7. The van der Waals surface area contributed by atoms with E-state index < -0.39 is 0 Å². The van der Waals surface area contributed by atoms with Crippen LogP contribution in [-0.2, 0) is 0 Å². The molecule has 3 nitrogen and oxygen atoms in total. The minimum Gasteiger partial charge on any atom is -0.507 e. The minimum atomic E-state index is 0.113. The standard InChI is InChI=1S/C16H20O3/c1-3-4-7-10-19-16-11(2)14(17)12-8-5-6-9-13(12)15(16)18/h5-6,8-9,17-18H,3-4,7,10H2,1-2H3. The molecule has 0 saturated carbocycles. The molecule has 19 heavy (non-hydrogen) atoms. The van der Waals surface area contributed by atoms with E-state index in [9.17, 15) is 10.2 Å². The molecule has 0 radical (unpaired) electrons. The Bertz CT molecular complexity index is 576. The maximum Gasteiger partial charge on any atom is 0.168 e. The van der Waals surface area contributed by atoms with Crippen LogP contribution in [0.1, 0.15) is 31.7 Å². The van der Waals surface area contributed by atoms with Gasteiger partial charge >= 0.3 is 0 Å². The number of aromatic hydroxyl groups is 2. The summed E-state index contributed by atoms with van der Waals surface area (Å²) in [6, 6.07) is 7.24. The van der Waals surface area contributed by atoms with E-state index in [1.807, 2.05) is 12.1 Å². The second-order valence-corrected chi connectivity index (χ2v) is 4.75. The number of phenols is 2. The highest BCUT2D eigenvalue weighted by molar-refractivity contribution is 5.96. The normalized spacial score (nSPS) is 10.8. The lowest BCUT2D eigenvalue weighted by molar-refractivity contribution is 0.288. The van der Waals surface area contributed by atoms with Crippen molar-refractivity contribution in [1.82, 2.24) is 0 Å². The lowest BCUT2D eigenvalue weighted by atomic mass is 10.0. The third-order valence-corrected chi connectivity index (χ3v) is 3.34. The van der Waals surface area contributed by atoms with Gasteiger partial charge in [-0.05, 0) is 13.3 Å². The van der Waals surface area contributed by atoms with Crippen molar-refractivity contribution < 1.29 is 14.9 Å². The highest BCUT2D eigenvalue weighted by Crippen LogP contribution is 2.44. The van der Waals surface area contributed by atoms with Gasteiger partial charge in [0.25, 0.3) is 0 Å². The lowest BCUT2D eigenvalue weighted by Crippen LogP contribution is -1.99. The molecule has 0 aliphatic rings. The Kier molecular flexibility index (Phi) is 4.15. The van der Waals surface area contributed by atoms with Crippen molar-refractivity contribution in [3.63, 3.8) is 0 Å². The summed E-state index contributed by atoms with van der Waals surface area (Å²) in [7, 11) is 0. The highest BCUT2D eigenvalue weighted by atomic mass is 16.5. The van der Waals surface area contributed by atoms with Crippen LogP contribution in [0.25, 0.3) is 10.8 Å². The summed E-state index contributed by atoms with van der Waals surface area (Å²) in [5.74, 6) is 0.689. The van der Waals surface area contributed by atoms with Crippen molar-refractivity contribution in [2.75, 3.05) is 6.61 Å². The van der Waals surface area contributed by atoms with Gasteiger partial charge in [0.15, 0.2) is 11.5 Å². The summed E-state index contributed by atoms with van der Waals surface area (Å²) < 4.78 is 5.65. The molecule has 0 unspecified atom stereocenters. The van der Waals surface area contributed by atoms with Crippen molar-refractivity contribution >= 4 is 10.8 Å². The fourth-order valence-corrected chi connectivity index (χ4v) is 2.21. The molecule has 0 heterocycles. The maximum atomic E-state index is 10.3. The van der Waals surface area contributed by atoms with Crippen LogP contribution in [0.15, 0.2) is 24.3 Å². The van der Waals surface area contributed by atoms with Crippen LogP contribution in [0.4, 0.5) is 0 Å². The molecule has 0 aromatic heterocycles. The molecule has 3 heteroatoms. The first kappa shape index (κ1) is 13.5. The molecule has 0 spiro atoms. The number of hydrogen-bond acceptors (Lipinski definition) is 3. The fourth-order valence-electron chi connectivity index (χ4n) is 2.21. The van der Waals surface area contributed by atoms with E-state index in [0.717, 1.165) is 19.3 Å². The van der Waals surface area contributed by atoms with Crippen molar-refractivity contribution in [1.29, 1.82) is 0 Å². The van der Waals surface area contributed by atoms with E-state index >= 15 is 0 Å².